The van der Waals surface area contributed by atoms with Gasteiger partial charge in [-0.05, 0) is 95.9 Å². The van der Waals surface area contributed by atoms with Gasteiger partial charge in [0, 0.05) is 11.4 Å². The lowest BCUT2D eigenvalue weighted by Gasteiger charge is -2.42. The fourth-order valence-corrected chi connectivity index (χ4v) is 4.64. The molecule has 0 saturated carbocycles. The van der Waals surface area contributed by atoms with Gasteiger partial charge in [0.15, 0.2) is 0 Å². The molecule has 0 radical (unpaired) electrons. The first kappa shape index (κ1) is 16.7. The summed E-state index contributed by atoms with van der Waals surface area (Å²) in [4.78, 5) is 0. The van der Waals surface area contributed by atoms with Crippen molar-refractivity contribution in [3.8, 4) is 0 Å². The van der Waals surface area contributed by atoms with Crippen LogP contribution in [0.15, 0.2) is 36.4 Å². The standard InChI is InChI=1S/C24H31N/c1-23(2)13-14-24(3,4)22-16-20(11-12-21(22)23)25-19-10-9-17-7-5-6-8-18(17)15-19/h9-12,15-16,25H,5-8,13-14H2,1-4H3. The van der Waals surface area contributed by atoms with Crippen molar-refractivity contribution < 1.29 is 0 Å². The van der Waals surface area contributed by atoms with Crippen LogP contribution < -0.4 is 5.32 Å². The van der Waals surface area contributed by atoms with E-state index in [0.717, 1.165) is 0 Å². The number of fused-ring (bicyclic) bond motifs is 2. The molecule has 0 bridgehead atoms. The molecule has 0 aromatic heterocycles. The Hall–Kier alpha value is -1.76. The quantitative estimate of drug-likeness (QED) is 0.648. The third-order valence-corrected chi connectivity index (χ3v) is 6.49. The van der Waals surface area contributed by atoms with E-state index in [-0.39, 0.29) is 10.8 Å². The molecule has 25 heavy (non-hydrogen) atoms. The molecule has 2 aromatic rings. The fourth-order valence-electron chi connectivity index (χ4n) is 4.64. The molecule has 0 heterocycles. The molecule has 2 aromatic carbocycles. The van der Waals surface area contributed by atoms with Crippen LogP contribution in [0.25, 0.3) is 0 Å². The summed E-state index contributed by atoms with van der Waals surface area (Å²) < 4.78 is 0. The number of benzene rings is 2. The van der Waals surface area contributed by atoms with Crippen LogP contribution >= 0.6 is 0 Å². The molecule has 1 heteroatoms. The second-order valence-electron chi connectivity index (χ2n) is 9.34. The molecule has 0 unspecified atom stereocenters. The molecule has 2 aliphatic rings. The summed E-state index contributed by atoms with van der Waals surface area (Å²) in [6.45, 7) is 9.56. The number of anilines is 2. The minimum Gasteiger partial charge on any atom is -0.356 e. The van der Waals surface area contributed by atoms with E-state index in [2.05, 4.69) is 69.4 Å². The molecule has 1 nitrogen and oxygen atoms in total. The van der Waals surface area contributed by atoms with E-state index in [1.807, 2.05) is 0 Å². The summed E-state index contributed by atoms with van der Waals surface area (Å²) >= 11 is 0. The van der Waals surface area contributed by atoms with E-state index in [1.165, 1.54) is 66.6 Å². The van der Waals surface area contributed by atoms with Crippen molar-refractivity contribution in [2.24, 2.45) is 0 Å². The molecule has 0 fully saturated rings. The zero-order chi connectivity index (χ0) is 17.7. The monoisotopic (exact) mass is 333 g/mol. The first-order chi connectivity index (χ1) is 11.9. The van der Waals surface area contributed by atoms with Crippen LogP contribution in [0.4, 0.5) is 11.4 Å². The van der Waals surface area contributed by atoms with Gasteiger partial charge in [0.05, 0.1) is 0 Å². The van der Waals surface area contributed by atoms with Crippen molar-refractivity contribution in [1.29, 1.82) is 0 Å². The Kier molecular flexibility index (Phi) is 3.94. The Balaban J connectivity index is 1.66. The lowest BCUT2D eigenvalue weighted by Crippen LogP contribution is -2.33. The van der Waals surface area contributed by atoms with Crippen LogP contribution in [0.1, 0.15) is 75.6 Å². The van der Waals surface area contributed by atoms with Crippen LogP contribution in [0.3, 0.4) is 0 Å². The van der Waals surface area contributed by atoms with Gasteiger partial charge in [-0.1, -0.05) is 39.8 Å². The predicted molar refractivity (Wildman–Crippen MR) is 108 cm³/mol. The summed E-state index contributed by atoms with van der Waals surface area (Å²) in [6.07, 6.45) is 7.68. The number of hydrogen-bond donors (Lipinski definition) is 1. The summed E-state index contributed by atoms with van der Waals surface area (Å²) in [5, 5.41) is 3.67. The molecular formula is C24H31N. The Morgan fingerprint density at radius 3 is 2.04 bits per heavy atom. The third kappa shape index (κ3) is 3.10. The van der Waals surface area contributed by atoms with E-state index in [9.17, 15) is 0 Å². The largest absolute Gasteiger partial charge is 0.356 e. The van der Waals surface area contributed by atoms with Gasteiger partial charge in [-0.15, -0.1) is 0 Å². The molecular weight excluding hydrogens is 302 g/mol. The summed E-state index contributed by atoms with van der Waals surface area (Å²) in [7, 11) is 0. The smallest absolute Gasteiger partial charge is 0.0387 e. The van der Waals surface area contributed by atoms with Crippen molar-refractivity contribution in [2.75, 3.05) is 5.32 Å². The highest BCUT2D eigenvalue weighted by Gasteiger charge is 2.36. The Labute approximate surface area is 152 Å². The van der Waals surface area contributed by atoms with E-state index < -0.39 is 0 Å². The predicted octanol–water partition coefficient (Wildman–Crippen LogP) is 6.66. The second-order valence-corrected chi connectivity index (χ2v) is 9.34. The highest BCUT2D eigenvalue weighted by Crippen LogP contribution is 2.46. The molecule has 0 aliphatic heterocycles. The molecule has 1 N–H and O–H groups in total. The van der Waals surface area contributed by atoms with E-state index in [4.69, 9.17) is 0 Å². The highest BCUT2D eigenvalue weighted by atomic mass is 14.9. The van der Waals surface area contributed by atoms with E-state index >= 15 is 0 Å². The maximum absolute atomic E-state index is 3.67. The number of rotatable bonds is 2. The molecule has 0 amide bonds. The van der Waals surface area contributed by atoms with Crippen molar-refractivity contribution >= 4 is 11.4 Å². The van der Waals surface area contributed by atoms with Crippen LogP contribution in [0, 0.1) is 0 Å². The van der Waals surface area contributed by atoms with Gasteiger partial charge >= 0.3 is 0 Å². The van der Waals surface area contributed by atoms with Crippen LogP contribution in [0.2, 0.25) is 0 Å². The minimum atomic E-state index is 0.262. The summed E-state index contributed by atoms with van der Waals surface area (Å²) in [5.74, 6) is 0. The van der Waals surface area contributed by atoms with E-state index in [1.54, 1.807) is 5.56 Å². The minimum absolute atomic E-state index is 0.262. The lowest BCUT2D eigenvalue weighted by molar-refractivity contribution is 0.332. The van der Waals surface area contributed by atoms with Crippen LogP contribution in [-0.4, -0.2) is 0 Å². The van der Waals surface area contributed by atoms with Crippen molar-refractivity contribution in [2.45, 2.75) is 77.0 Å². The highest BCUT2D eigenvalue weighted by molar-refractivity contribution is 5.64. The van der Waals surface area contributed by atoms with Crippen LogP contribution in [0.5, 0.6) is 0 Å². The molecule has 132 valence electrons. The van der Waals surface area contributed by atoms with Gasteiger partial charge in [0.1, 0.15) is 0 Å². The van der Waals surface area contributed by atoms with E-state index in [0.29, 0.717) is 0 Å². The first-order valence-corrected chi connectivity index (χ1v) is 9.89. The van der Waals surface area contributed by atoms with Gasteiger partial charge in [-0.3, -0.25) is 0 Å². The Morgan fingerprint density at radius 2 is 1.28 bits per heavy atom. The molecule has 2 aliphatic carbocycles. The van der Waals surface area contributed by atoms with Crippen molar-refractivity contribution in [3.05, 3.63) is 58.7 Å². The zero-order valence-electron chi connectivity index (χ0n) is 16.2. The average Bonchev–Trinajstić information content (AvgIpc) is 2.59. The maximum atomic E-state index is 3.67. The summed E-state index contributed by atoms with van der Waals surface area (Å²) in [6, 6.07) is 14.0. The molecule has 0 atom stereocenters. The van der Waals surface area contributed by atoms with Gasteiger partial charge in [-0.25, -0.2) is 0 Å². The average molecular weight is 334 g/mol. The first-order valence-electron chi connectivity index (χ1n) is 9.89. The number of aryl methyl sites for hydroxylation is 2. The van der Waals surface area contributed by atoms with Gasteiger partial charge in [0.25, 0.3) is 0 Å². The Morgan fingerprint density at radius 1 is 0.680 bits per heavy atom. The fraction of sp³-hybridized carbons (Fsp3) is 0.500. The zero-order valence-corrected chi connectivity index (χ0v) is 16.2. The normalized spacial score (nSPS) is 20.5. The van der Waals surface area contributed by atoms with Gasteiger partial charge < -0.3 is 5.32 Å². The molecule has 0 saturated heterocycles. The lowest BCUT2D eigenvalue weighted by atomic mass is 9.63. The second kappa shape index (κ2) is 5.90. The SMILES string of the molecule is CC1(C)CCC(C)(C)c2cc(Nc3ccc4c(c3)CCCC4)ccc21. The van der Waals surface area contributed by atoms with Gasteiger partial charge in [-0.2, -0.15) is 0 Å². The van der Waals surface area contributed by atoms with Crippen LogP contribution in [-0.2, 0) is 23.7 Å². The topological polar surface area (TPSA) is 12.0 Å². The number of hydrogen-bond acceptors (Lipinski definition) is 1. The van der Waals surface area contributed by atoms with Crippen molar-refractivity contribution in [3.63, 3.8) is 0 Å². The molecule has 0 spiro atoms. The van der Waals surface area contributed by atoms with Crippen molar-refractivity contribution in [1.82, 2.24) is 0 Å². The third-order valence-electron chi connectivity index (χ3n) is 6.49. The molecule has 4 rings (SSSR count). The Bertz CT molecular complexity index is 798. The maximum Gasteiger partial charge on any atom is 0.0387 e. The van der Waals surface area contributed by atoms with Gasteiger partial charge in [0.2, 0.25) is 0 Å². The number of nitrogens with one attached hydrogen (secondary N) is 1. The summed E-state index contributed by atoms with van der Waals surface area (Å²) in [5.41, 5.74) is 9.13.